The van der Waals surface area contributed by atoms with Crippen LogP contribution in [0.15, 0.2) is 30.6 Å². The molecule has 0 saturated carbocycles. The summed E-state index contributed by atoms with van der Waals surface area (Å²) in [5, 5.41) is 7.93. The summed E-state index contributed by atoms with van der Waals surface area (Å²) in [5.74, 6) is -0.215. The number of methoxy groups -OCH3 is 1. The number of halogens is 2. The second-order valence-corrected chi connectivity index (χ2v) is 5.83. The maximum atomic E-state index is 12.2. The van der Waals surface area contributed by atoms with Crippen LogP contribution in [0.5, 0.6) is 0 Å². The molecule has 0 aliphatic carbocycles. The first kappa shape index (κ1) is 16.8. The molecule has 1 heterocycles. The Kier molecular flexibility index (Phi) is 5.45. The number of aryl methyl sites for hydroxylation is 1. The number of rotatable bonds is 5. The number of nitrogens with one attached hydrogen (secondary N) is 1. The molecule has 2 aromatic rings. The lowest BCUT2D eigenvalue weighted by atomic mass is 10.0. The Morgan fingerprint density at radius 2 is 2.14 bits per heavy atom. The van der Waals surface area contributed by atoms with Gasteiger partial charge in [-0.3, -0.25) is 9.48 Å². The van der Waals surface area contributed by atoms with E-state index < -0.39 is 0 Å². The Morgan fingerprint density at radius 1 is 1.41 bits per heavy atom. The molecule has 1 aromatic heterocycles. The molecule has 1 aromatic carbocycles. The molecule has 0 saturated heterocycles. The predicted molar refractivity (Wildman–Crippen MR) is 86.3 cm³/mol. The largest absolute Gasteiger partial charge is 0.375 e. The van der Waals surface area contributed by atoms with Gasteiger partial charge in [0.1, 0.15) is 6.10 Å². The molecule has 0 spiro atoms. The lowest BCUT2D eigenvalue weighted by Gasteiger charge is -2.24. The van der Waals surface area contributed by atoms with Crippen molar-refractivity contribution >= 4 is 29.1 Å². The second-order valence-electron chi connectivity index (χ2n) is 4.99. The average molecular weight is 342 g/mol. The number of nitrogens with zero attached hydrogens (tertiary/aromatic N) is 2. The number of hydrogen-bond donors (Lipinski definition) is 1. The van der Waals surface area contributed by atoms with E-state index in [9.17, 15) is 4.79 Å². The van der Waals surface area contributed by atoms with Gasteiger partial charge in [-0.15, -0.1) is 0 Å². The van der Waals surface area contributed by atoms with Crippen molar-refractivity contribution in [3.8, 4) is 0 Å². The number of hydrogen-bond acceptors (Lipinski definition) is 3. The fraction of sp³-hybridized carbons (Fsp3) is 0.333. The van der Waals surface area contributed by atoms with Crippen LogP contribution in [0.2, 0.25) is 10.0 Å². The fourth-order valence-corrected chi connectivity index (χ4v) is 2.75. The molecule has 0 aliphatic rings. The molecule has 0 aliphatic heterocycles. The van der Waals surface area contributed by atoms with E-state index >= 15 is 0 Å². The van der Waals surface area contributed by atoms with Crippen LogP contribution in [-0.2, 0) is 11.8 Å². The van der Waals surface area contributed by atoms with E-state index in [0.717, 1.165) is 5.56 Å². The van der Waals surface area contributed by atoms with Gasteiger partial charge in [-0.2, -0.15) is 5.10 Å². The van der Waals surface area contributed by atoms with E-state index in [4.69, 9.17) is 27.9 Å². The van der Waals surface area contributed by atoms with Gasteiger partial charge >= 0.3 is 0 Å². The highest BCUT2D eigenvalue weighted by Crippen LogP contribution is 2.30. The minimum atomic E-state index is -0.384. The van der Waals surface area contributed by atoms with Gasteiger partial charge < -0.3 is 10.1 Å². The molecule has 0 radical (unpaired) electrons. The zero-order valence-corrected chi connectivity index (χ0v) is 14.0. The average Bonchev–Trinajstić information content (AvgIpc) is 2.88. The highest BCUT2D eigenvalue weighted by atomic mass is 35.5. The Bertz CT molecular complexity index is 673. The standard InChI is InChI=1S/C15H17Cl2N3O2/c1-9(19-15(21)10-7-18-20(2)8-10)14(22-3)12-5-4-11(16)6-13(12)17/h4-9,14H,1-3H3,(H,19,21)/t9-,14+/m0/s1. The number of ether oxygens (including phenoxy) is 1. The van der Waals surface area contributed by atoms with Gasteiger partial charge in [-0.25, -0.2) is 0 Å². The first-order valence-electron chi connectivity index (χ1n) is 6.69. The third-order valence-electron chi connectivity index (χ3n) is 3.30. The smallest absolute Gasteiger partial charge is 0.254 e. The van der Waals surface area contributed by atoms with Crippen molar-refractivity contribution in [3.05, 3.63) is 51.8 Å². The Balaban J connectivity index is 2.15. The number of carbonyl (C=O) groups excluding carboxylic acids is 1. The van der Waals surface area contributed by atoms with Crippen molar-refractivity contribution in [2.24, 2.45) is 7.05 Å². The zero-order valence-electron chi connectivity index (χ0n) is 12.5. The van der Waals surface area contributed by atoms with Gasteiger partial charge in [0.2, 0.25) is 0 Å². The maximum Gasteiger partial charge on any atom is 0.254 e. The van der Waals surface area contributed by atoms with E-state index in [1.54, 1.807) is 43.2 Å². The normalized spacial score (nSPS) is 13.7. The molecule has 1 N–H and O–H groups in total. The van der Waals surface area contributed by atoms with Crippen LogP contribution in [-0.4, -0.2) is 28.8 Å². The van der Waals surface area contributed by atoms with E-state index in [2.05, 4.69) is 10.4 Å². The van der Waals surface area contributed by atoms with Gasteiger partial charge in [0.25, 0.3) is 5.91 Å². The number of carbonyl (C=O) groups is 1. The highest BCUT2D eigenvalue weighted by molar-refractivity contribution is 6.35. The molecule has 1 amide bonds. The van der Waals surface area contributed by atoms with E-state index in [0.29, 0.717) is 15.6 Å². The third kappa shape index (κ3) is 3.80. The quantitative estimate of drug-likeness (QED) is 0.908. The monoisotopic (exact) mass is 341 g/mol. The molecule has 5 nitrogen and oxygen atoms in total. The second kappa shape index (κ2) is 7.13. The van der Waals surface area contributed by atoms with Crippen LogP contribution in [0.1, 0.15) is 28.9 Å². The maximum absolute atomic E-state index is 12.2. The van der Waals surface area contributed by atoms with Gasteiger partial charge in [-0.05, 0) is 19.1 Å². The third-order valence-corrected chi connectivity index (χ3v) is 3.87. The van der Waals surface area contributed by atoms with Crippen LogP contribution >= 0.6 is 23.2 Å². The van der Waals surface area contributed by atoms with Crippen LogP contribution in [0, 0.1) is 0 Å². The van der Waals surface area contributed by atoms with Crippen molar-refractivity contribution < 1.29 is 9.53 Å². The zero-order chi connectivity index (χ0) is 16.3. The molecule has 22 heavy (non-hydrogen) atoms. The molecule has 7 heteroatoms. The summed E-state index contributed by atoms with van der Waals surface area (Å²) in [5.41, 5.74) is 1.26. The van der Waals surface area contributed by atoms with Crippen LogP contribution in [0.25, 0.3) is 0 Å². The fourth-order valence-electron chi connectivity index (χ4n) is 2.24. The van der Waals surface area contributed by atoms with Crippen molar-refractivity contribution in [2.45, 2.75) is 19.1 Å². The van der Waals surface area contributed by atoms with Crippen molar-refractivity contribution in [1.29, 1.82) is 0 Å². The summed E-state index contributed by atoms with van der Waals surface area (Å²) in [7, 11) is 3.33. The SMILES string of the molecule is CO[C@@H](c1ccc(Cl)cc1Cl)[C@H](C)NC(=O)c1cnn(C)c1. The van der Waals surface area contributed by atoms with Crippen LogP contribution in [0.4, 0.5) is 0 Å². The molecule has 2 rings (SSSR count). The van der Waals surface area contributed by atoms with Crippen molar-refractivity contribution in [2.75, 3.05) is 7.11 Å². The van der Waals surface area contributed by atoms with E-state index in [-0.39, 0.29) is 18.1 Å². The minimum Gasteiger partial charge on any atom is -0.375 e. The Labute approximate surface area is 139 Å². The first-order valence-corrected chi connectivity index (χ1v) is 7.45. The Hall–Kier alpha value is -1.56. The minimum absolute atomic E-state index is 0.215. The van der Waals surface area contributed by atoms with Crippen LogP contribution in [0.3, 0.4) is 0 Å². The number of amides is 1. The van der Waals surface area contributed by atoms with Crippen molar-refractivity contribution in [3.63, 3.8) is 0 Å². The predicted octanol–water partition coefficient (Wildman–Crippen LogP) is 3.23. The molecule has 2 atom stereocenters. The topological polar surface area (TPSA) is 56.1 Å². The summed E-state index contributed by atoms with van der Waals surface area (Å²) in [6, 6.07) is 4.91. The first-order chi connectivity index (χ1) is 10.4. The van der Waals surface area contributed by atoms with E-state index in [1.165, 1.54) is 6.20 Å². The van der Waals surface area contributed by atoms with Crippen LogP contribution < -0.4 is 5.32 Å². The molecule has 0 bridgehead atoms. The van der Waals surface area contributed by atoms with Gasteiger partial charge in [0.15, 0.2) is 0 Å². The van der Waals surface area contributed by atoms with Crippen molar-refractivity contribution in [1.82, 2.24) is 15.1 Å². The lowest BCUT2D eigenvalue weighted by molar-refractivity contribution is 0.0645. The number of benzene rings is 1. The van der Waals surface area contributed by atoms with Gasteiger partial charge in [-0.1, -0.05) is 29.3 Å². The highest BCUT2D eigenvalue weighted by Gasteiger charge is 2.23. The molecular weight excluding hydrogens is 325 g/mol. The van der Waals surface area contributed by atoms with E-state index in [1.807, 2.05) is 6.92 Å². The summed E-state index contributed by atoms with van der Waals surface area (Å²) in [6.45, 7) is 1.85. The lowest BCUT2D eigenvalue weighted by Crippen LogP contribution is -2.37. The van der Waals surface area contributed by atoms with Gasteiger partial charge in [0, 0.05) is 36.0 Å². The number of aromatic nitrogens is 2. The summed E-state index contributed by atoms with van der Waals surface area (Å²) >= 11 is 12.1. The molecule has 0 unspecified atom stereocenters. The molecule has 118 valence electrons. The summed E-state index contributed by atoms with van der Waals surface area (Å²) < 4.78 is 7.07. The molecular formula is C15H17Cl2N3O2. The summed E-state index contributed by atoms with van der Waals surface area (Å²) in [6.07, 6.45) is 2.78. The Morgan fingerprint density at radius 3 is 2.68 bits per heavy atom. The molecule has 0 fully saturated rings. The van der Waals surface area contributed by atoms with Gasteiger partial charge in [0.05, 0.1) is 17.8 Å². The summed E-state index contributed by atoms with van der Waals surface area (Å²) in [4.78, 5) is 12.2.